The second-order valence-corrected chi connectivity index (χ2v) is 12.7. The number of ether oxygens (including phenoxy) is 2. The molecule has 4 rings (SSSR count). The van der Waals surface area contributed by atoms with Gasteiger partial charge in [0.1, 0.15) is 17.7 Å². The number of aliphatic hydroxyl groups is 1. The maximum absolute atomic E-state index is 14.1. The van der Waals surface area contributed by atoms with Crippen LogP contribution in [0.2, 0.25) is 0 Å². The molecule has 6 nitrogen and oxygen atoms in total. The molecule has 1 aromatic carbocycles. The van der Waals surface area contributed by atoms with E-state index in [9.17, 15) is 37.1 Å². The zero-order valence-electron chi connectivity index (χ0n) is 24.3. The van der Waals surface area contributed by atoms with Crippen LogP contribution in [0.3, 0.4) is 0 Å². The Morgan fingerprint density at radius 3 is 2.50 bits per heavy atom. The summed E-state index contributed by atoms with van der Waals surface area (Å²) in [7, 11) is 0. The highest BCUT2D eigenvalue weighted by molar-refractivity contribution is 5.88. The monoisotopic (exact) mass is 594 g/mol. The molecule has 0 aromatic heterocycles. The molecule has 3 aliphatic rings. The molecule has 3 aliphatic carbocycles. The van der Waals surface area contributed by atoms with E-state index in [0.29, 0.717) is 25.0 Å². The van der Waals surface area contributed by atoms with Crippen molar-refractivity contribution in [1.82, 2.24) is 0 Å². The molecule has 3 saturated carbocycles. The first-order chi connectivity index (χ1) is 19.5. The van der Waals surface area contributed by atoms with Crippen molar-refractivity contribution in [2.75, 3.05) is 6.61 Å². The highest BCUT2D eigenvalue weighted by atomic mass is 19.4. The number of carbonyl (C=O) groups is 3. The molecular formula is C32H38F4O6. The van der Waals surface area contributed by atoms with Gasteiger partial charge in [-0.25, -0.2) is 14.0 Å². The SMILES string of the molecule is C=CC1(C)C[C@@H](OC(=O)COC(=O)/C=C/c2ccc(C(F)(F)F)cc2F)[C@@]2(C)[C@@H]3C(=O)CCC3(CC[C@@H]2C)[C@@H](C)[C@@H]1O. The number of halogens is 4. The number of alkyl halides is 3. The first-order valence-electron chi connectivity index (χ1n) is 14.2. The molecule has 1 aromatic rings. The van der Waals surface area contributed by atoms with Crippen LogP contribution in [0, 0.1) is 39.8 Å². The predicted octanol–water partition coefficient (Wildman–Crippen LogP) is 6.31. The van der Waals surface area contributed by atoms with Gasteiger partial charge in [-0.05, 0) is 61.1 Å². The quantitative estimate of drug-likeness (QED) is 0.180. The molecule has 1 N–H and O–H groups in total. The lowest BCUT2D eigenvalue weighted by Crippen LogP contribution is -2.63. The number of benzene rings is 1. The standard InChI is InChI=1S/C32H38F4O6/c1-6-29(4)16-24(30(5)18(2)11-13-31(19(3)28(29)40)14-12-23(37)27(30)31)42-26(39)17-41-25(38)10-8-20-7-9-21(15-22(20)33)32(34,35)36/h6-10,15,18-19,24,27-28,40H,1,11-14,16-17H2,2-5H3/b10-8+/t18-,19-,24+,27-,28-,29?,30-,31?/m0/s1. The molecule has 10 heteroatoms. The van der Waals surface area contributed by atoms with E-state index in [0.717, 1.165) is 31.1 Å². The normalized spacial score (nSPS) is 36.6. The molecule has 0 amide bonds. The van der Waals surface area contributed by atoms with Crippen molar-refractivity contribution in [2.24, 2.45) is 34.0 Å². The third-order valence-electron chi connectivity index (χ3n) is 10.6. The van der Waals surface area contributed by atoms with E-state index in [-0.39, 0.29) is 29.6 Å². The highest BCUT2D eigenvalue weighted by Gasteiger charge is 2.68. The average molecular weight is 595 g/mol. The lowest BCUT2D eigenvalue weighted by molar-refractivity contribution is -0.208. The third kappa shape index (κ3) is 5.42. The Morgan fingerprint density at radius 2 is 1.88 bits per heavy atom. The number of Topliss-reactive ketones (excluding diaryl/α,β-unsaturated/α-hetero) is 1. The largest absolute Gasteiger partial charge is 0.459 e. The molecule has 8 atom stereocenters. The van der Waals surface area contributed by atoms with Gasteiger partial charge in [0, 0.05) is 34.8 Å². The summed E-state index contributed by atoms with van der Waals surface area (Å²) in [5.41, 5.74) is -3.42. The number of carbonyl (C=O) groups excluding carboxylic acids is 3. The molecule has 2 bridgehead atoms. The van der Waals surface area contributed by atoms with E-state index in [1.54, 1.807) is 6.08 Å². The van der Waals surface area contributed by atoms with E-state index in [2.05, 4.69) is 13.5 Å². The Labute approximate surface area is 243 Å². The molecule has 0 saturated heterocycles. The minimum atomic E-state index is -4.71. The lowest BCUT2D eigenvalue weighted by Gasteiger charge is -2.61. The van der Waals surface area contributed by atoms with Crippen molar-refractivity contribution in [3.63, 3.8) is 0 Å². The summed E-state index contributed by atoms with van der Waals surface area (Å²) in [6.07, 6.45) is -0.0170. The van der Waals surface area contributed by atoms with Crippen molar-refractivity contribution >= 4 is 23.8 Å². The van der Waals surface area contributed by atoms with Gasteiger partial charge in [-0.2, -0.15) is 13.2 Å². The number of hydrogen-bond acceptors (Lipinski definition) is 6. The lowest BCUT2D eigenvalue weighted by atomic mass is 9.44. The smallest absolute Gasteiger partial charge is 0.416 e. The number of esters is 2. The molecule has 230 valence electrons. The first kappa shape index (κ1) is 31.9. The van der Waals surface area contributed by atoms with Crippen molar-refractivity contribution in [1.29, 1.82) is 0 Å². The molecule has 0 heterocycles. The molecule has 2 unspecified atom stereocenters. The van der Waals surface area contributed by atoms with Crippen LogP contribution < -0.4 is 0 Å². The Balaban J connectivity index is 1.52. The van der Waals surface area contributed by atoms with Gasteiger partial charge in [0.15, 0.2) is 6.61 Å². The number of hydrogen-bond donors (Lipinski definition) is 1. The van der Waals surface area contributed by atoms with Crippen molar-refractivity contribution in [3.05, 3.63) is 53.9 Å². The summed E-state index contributed by atoms with van der Waals surface area (Å²) >= 11 is 0. The van der Waals surface area contributed by atoms with Crippen molar-refractivity contribution in [3.8, 4) is 0 Å². The summed E-state index contributed by atoms with van der Waals surface area (Å²) in [5, 5.41) is 11.6. The topological polar surface area (TPSA) is 89.9 Å². The van der Waals surface area contributed by atoms with Crippen LogP contribution in [-0.2, 0) is 30.0 Å². The fraction of sp³-hybridized carbons (Fsp3) is 0.594. The summed E-state index contributed by atoms with van der Waals surface area (Å²) in [6.45, 7) is 11.1. The van der Waals surface area contributed by atoms with Crippen molar-refractivity contribution in [2.45, 2.75) is 78.2 Å². The van der Waals surface area contributed by atoms with E-state index in [1.807, 2.05) is 20.8 Å². The Morgan fingerprint density at radius 1 is 1.19 bits per heavy atom. The molecule has 42 heavy (non-hydrogen) atoms. The predicted molar refractivity (Wildman–Crippen MR) is 146 cm³/mol. The average Bonchev–Trinajstić information content (AvgIpc) is 3.29. The molecular weight excluding hydrogens is 556 g/mol. The van der Waals surface area contributed by atoms with Gasteiger partial charge in [0.2, 0.25) is 0 Å². The summed E-state index contributed by atoms with van der Waals surface area (Å²) < 4.78 is 63.3. The minimum Gasteiger partial charge on any atom is -0.459 e. The van der Waals surface area contributed by atoms with E-state index in [4.69, 9.17) is 9.47 Å². The molecule has 3 fully saturated rings. The van der Waals surface area contributed by atoms with Gasteiger partial charge in [-0.15, -0.1) is 6.58 Å². The van der Waals surface area contributed by atoms with Crippen LogP contribution in [-0.4, -0.2) is 41.6 Å². The zero-order valence-corrected chi connectivity index (χ0v) is 24.3. The van der Waals surface area contributed by atoms with Crippen molar-refractivity contribution < 1.29 is 46.5 Å². The molecule has 0 aliphatic heterocycles. The fourth-order valence-corrected chi connectivity index (χ4v) is 7.87. The second-order valence-electron chi connectivity index (χ2n) is 12.7. The summed E-state index contributed by atoms with van der Waals surface area (Å²) in [5.74, 6) is -3.50. The molecule has 0 spiro atoms. The van der Waals surface area contributed by atoms with Crippen LogP contribution in [0.1, 0.15) is 70.9 Å². The third-order valence-corrected chi connectivity index (χ3v) is 10.6. The van der Waals surface area contributed by atoms with Gasteiger partial charge >= 0.3 is 18.1 Å². The summed E-state index contributed by atoms with van der Waals surface area (Å²) in [4.78, 5) is 38.7. The van der Waals surface area contributed by atoms with Gasteiger partial charge in [0.25, 0.3) is 0 Å². The zero-order chi connectivity index (χ0) is 31.3. The number of rotatable bonds is 6. The van der Waals surface area contributed by atoms with Gasteiger partial charge in [0.05, 0.1) is 11.7 Å². The Bertz CT molecular complexity index is 1290. The van der Waals surface area contributed by atoms with Crippen LogP contribution in [0.25, 0.3) is 6.08 Å². The van der Waals surface area contributed by atoms with Gasteiger partial charge < -0.3 is 14.6 Å². The minimum absolute atomic E-state index is 0.0242. The number of aliphatic hydroxyl groups excluding tert-OH is 1. The Kier molecular flexibility index (Phi) is 8.54. The first-order valence-corrected chi connectivity index (χ1v) is 14.2. The van der Waals surface area contributed by atoms with Crippen LogP contribution in [0.15, 0.2) is 36.9 Å². The number of ketones is 1. The van der Waals surface area contributed by atoms with E-state index >= 15 is 0 Å². The van der Waals surface area contributed by atoms with Crippen LogP contribution in [0.4, 0.5) is 17.6 Å². The van der Waals surface area contributed by atoms with E-state index in [1.165, 1.54) is 0 Å². The van der Waals surface area contributed by atoms with Gasteiger partial charge in [-0.1, -0.05) is 39.8 Å². The van der Waals surface area contributed by atoms with Crippen LogP contribution >= 0.6 is 0 Å². The molecule has 0 radical (unpaired) electrons. The second kappa shape index (κ2) is 11.2. The maximum atomic E-state index is 14.1. The van der Waals surface area contributed by atoms with Crippen LogP contribution in [0.5, 0.6) is 0 Å². The maximum Gasteiger partial charge on any atom is 0.416 e. The van der Waals surface area contributed by atoms with E-state index < -0.39 is 70.5 Å². The Hall–Kier alpha value is -3.01. The van der Waals surface area contributed by atoms with Gasteiger partial charge in [-0.3, -0.25) is 4.79 Å². The fourth-order valence-electron chi connectivity index (χ4n) is 7.87. The summed E-state index contributed by atoms with van der Waals surface area (Å²) in [6, 6.07) is 1.89. The highest BCUT2D eigenvalue weighted by Crippen LogP contribution is 2.68.